The molecule has 0 bridgehead atoms. The van der Waals surface area contributed by atoms with Crippen LogP contribution < -0.4 is 20.4 Å². The number of anilines is 2. The molecule has 5 heterocycles. The van der Waals surface area contributed by atoms with Gasteiger partial charge in [-0.25, -0.2) is 9.37 Å². The number of benzene rings is 1. The summed E-state index contributed by atoms with van der Waals surface area (Å²) < 4.78 is 15.4. The maximum atomic E-state index is 15.4. The minimum absolute atomic E-state index is 0.0250. The molecule has 1 aliphatic carbocycles. The van der Waals surface area contributed by atoms with Crippen LogP contribution in [0.1, 0.15) is 90.9 Å². The van der Waals surface area contributed by atoms with E-state index in [1.165, 1.54) is 6.07 Å². The first kappa shape index (κ1) is 34.1. The Morgan fingerprint density at radius 2 is 1.56 bits per heavy atom. The van der Waals surface area contributed by atoms with Gasteiger partial charge in [-0.2, -0.15) is 0 Å². The normalized spacial score (nSPS) is 24.3. The smallest absolute Gasteiger partial charge is 0.262 e. The lowest BCUT2D eigenvalue weighted by Crippen LogP contribution is -2.63. The van der Waals surface area contributed by atoms with Crippen LogP contribution in [0.4, 0.5) is 15.9 Å². The van der Waals surface area contributed by atoms with E-state index in [4.69, 9.17) is 0 Å². The molecule has 3 saturated heterocycles. The fourth-order valence-electron chi connectivity index (χ4n) is 9.22. The highest BCUT2D eigenvalue weighted by Crippen LogP contribution is 2.53. The van der Waals surface area contributed by atoms with Crippen molar-refractivity contribution in [1.29, 1.82) is 0 Å². The van der Waals surface area contributed by atoms with Gasteiger partial charge in [0, 0.05) is 64.5 Å². The second-order valence-electron chi connectivity index (χ2n) is 16.0. The molecule has 0 spiro atoms. The molecule has 50 heavy (non-hydrogen) atoms. The summed E-state index contributed by atoms with van der Waals surface area (Å²) in [6.07, 6.45) is 4.88. The fourth-order valence-corrected chi connectivity index (χ4v) is 9.22. The highest BCUT2D eigenvalue weighted by molar-refractivity contribution is 6.23. The molecule has 1 aromatic heterocycles. The first-order valence-corrected chi connectivity index (χ1v) is 17.8. The third kappa shape index (κ3) is 6.24. The van der Waals surface area contributed by atoms with Gasteiger partial charge >= 0.3 is 0 Å². The number of amides is 5. The highest BCUT2D eigenvalue weighted by atomic mass is 19.1. The molecule has 4 aliphatic heterocycles. The molecular weight excluding hydrogens is 641 g/mol. The van der Waals surface area contributed by atoms with Crippen molar-refractivity contribution in [1.82, 2.24) is 25.4 Å². The molecule has 4 fully saturated rings. The molecule has 12 nitrogen and oxygen atoms in total. The van der Waals surface area contributed by atoms with E-state index in [1.807, 2.05) is 17.0 Å². The number of halogens is 1. The van der Waals surface area contributed by atoms with Gasteiger partial charge < -0.3 is 15.1 Å². The van der Waals surface area contributed by atoms with Crippen molar-refractivity contribution >= 4 is 41.0 Å². The van der Waals surface area contributed by atoms with Crippen LogP contribution >= 0.6 is 0 Å². The van der Waals surface area contributed by atoms with E-state index in [0.717, 1.165) is 68.8 Å². The molecule has 2 N–H and O–H groups in total. The van der Waals surface area contributed by atoms with Crippen molar-refractivity contribution in [2.24, 2.45) is 16.7 Å². The standard InChI is InChI=1S/C37H46FN7O5/c1-36(2)21-37(3,4)35(36)41-31(47)23-5-7-29(39-19-23)44-11-9-22(10-12-44)20-42-13-15-43(16-14-42)28-18-25-24(17-26(28)38)33(49)45(34(25)50)27-6-8-30(46)40-32(27)48/h5,7,17-19,22,27,35H,6,8-16,20-21H2,1-4H3,(H,41,47)(H,40,46,48). The molecule has 5 amide bonds. The quantitative estimate of drug-likeness (QED) is 0.421. The number of carbonyl (C=O) groups is 5. The van der Waals surface area contributed by atoms with Gasteiger partial charge in [-0.1, -0.05) is 27.7 Å². The summed E-state index contributed by atoms with van der Waals surface area (Å²) in [6, 6.07) is 5.39. The molecule has 1 atom stereocenters. The summed E-state index contributed by atoms with van der Waals surface area (Å²) in [4.78, 5) is 75.3. The van der Waals surface area contributed by atoms with Gasteiger partial charge in [0.15, 0.2) is 0 Å². The van der Waals surface area contributed by atoms with Crippen LogP contribution in [-0.2, 0) is 9.59 Å². The number of aromatic nitrogens is 1. The van der Waals surface area contributed by atoms with Crippen molar-refractivity contribution in [2.75, 3.05) is 55.6 Å². The first-order chi connectivity index (χ1) is 23.7. The van der Waals surface area contributed by atoms with Gasteiger partial charge in [0.2, 0.25) is 11.8 Å². The lowest BCUT2D eigenvalue weighted by molar-refractivity contribution is -0.136. The number of hydrogen-bond acceptors (Lipinski definition) is 9. The maximum absolute atomic E-state index is 15.4. The largest absolute Gasteiger partial charge is 0.367 e. The number of nitrogens with one attached hydrogen (secondary N) is 2. The second-order valence-corrected chi connectivity index (χ2v) is 16.0. The number of piperidine rings is 2. The zero-order valence-corrected chi connectivity index (χ0v) is 29.3. The van der Waals surface area contributed by atoms with E-state index in [9.17, 15) is 24.0 Å². The second kappa shape index (κ2) is 12.7. The Balaban J connectivity index is 0.890. The van der Waals surface area contributed by atoms with E-state index in [0.29, 0.717) is 24.6 Å². The predicted molar refractivity (Wildman–Crippen MR) is 184 cm³/mol. The van der Waals surface area contributed by atoms with Gasteiger partial charge in [0.25, 0.3) is 17.7 Å². The summed E-state index contributed by atoms with van der Waals surface area (Å²) in [7, 11) is 0. The van der Waals surface area contributed by atoms with Crippen LogP contribution in [0.5, 0.6) is 0 Å². The number of piperazine rings is 1. The lowest BCUT2D eigenvalue weighted by Gasteiger charge is -2.57. The number of rotatable bonds is 7. The predicted octanol–water partition coefficient (Wildman–Crippen LogP) is 3.22. The van der Waals surface area contributed by atoms with Gasteiger partial charge in [0.05, 0.1) is 22.4 Å². The molecule has 1 saturated carbocycles. The van der Waals surface area contributed by atoms with E-state index >= 15 is 4.39 Å². The number of imide groups is 2. The SMILES string of the molecule is CC1(C)CC(C)(C)C1NC(=O)c1ccc(N2CCC(CN3CCN(c4cc5c(cc4F)C(=O)N(C4CCC(=O)NC4=O)C5=O)CC3)CC2)nc1. The fraction of sp³-hybridized carbons (Fsp3) is 0.568. The Hall–Kier alpha value is -4.39. The summed E-state index contributed by atoms with van der Waals surface area (Å²) >= 11 is 0. The molecule has 2 aromatic rings. The van der Waals surface area contributed by atoms with Crippen molar-refractivity contribution in [3.05, 3.63) is 53.0 Å². The Labute approximate surface area is 291 Å². The molecule has 5 aliphatic rings. The molecule has 266 valence electrons. The minimum atomic E-state index is -1.09. The van der Waals surface area contributed by atoms with Crippen LogP contribution in [0, 0.1) is 22.6 Å². The van der Waals surface area contributed by atoms with E-state index in [2.05, 4.69) is 53.1 Å². The molecule has 13 heteroatoms. The molecule has 0 radical (unpaired) electrons. The zero-order chi connectivity index (χ0) is 35.5. The minimum Gasteiger partial charge on any atom is -0.367 e. The van der Waals surface area contributed by atoms with Crippen LogP contribution in [0.25, 0.3) is 0 Å². The monoisotopic (exact) mass is 687 g/mol. The lowest BCUT2D eigenvalue weighted by atomic mass is 9.52. The first-order valence-electron chi connectivity index (χ1n) is 17.8. The highest BCUT2D eigenvalue weighted by Gasteiger charge is 2.53. The average Bonchev–Trinajstić information content (AvgIpc) is 3.31. The zero-order valence-electron chi connectivity index (χ0n) is 29.3. The summed E-state index contributed by atoms with van der Waals surface area (Å²) in [5.41, 5.74) is 1.05. The topological polar surface area (TPSA) is 135 Å². The summed E-state index contributed by atoms with van der Waals surface area (Å²) in [5.74, 6) is -1.74. The Bertz CT molecular complexity index is 1710. The van der Waals surface area contributed by atoms with Crippen LogP contribution in [-0.4, -0.2) is 102 Å². The van der Waals surface area contributed by atoms with E-state index < -0.39 is 35.5 Å². The average molecular weight is 688 g/mol. The number of fused-ring (bicyclic) bond motifs is 1. The van der Waals surface area contributed by atoms with Crippen molar-refractivity contribution in [3.8, 4) is 0 Å². The molecule has 7 rings (SSSR count). The van der Waals surface area contributed by atoms with Gasteiger partial charge in [-0.15, -0.1) is 0 Å². The van der Waals surface area contributed by atoms with Crippen LogP contribution in [0.15, 0.2) is 30.5 Å². The van der Waals surface area contributed by atoms with Gasteiger partial charge in [0.1, 0.15) is 17.7 Å². The molecule has 1 aromatic carbocycles. The Morgan fingerprint density at radius 1 is 0.900 bits per heavy atom. The summed E-state index contributed by atoms with van der Waals surface area (Å²) in [5, 5.41) is 5.41. The summed E-state index contributed by atoms with van der Waals surface area (Å²) in [6.45, 7) is 14.1. The molecule has 1 unspecified atom stereocenters. The molecular formula is C37H46FN7O5. The number of carbonyl (C=O) groups excluding carboxylic acids is 5. The number of pyridine rings is 1. The van der Waals surface area contributed by atoms with Crippen molar-refractivity contribution in [3.63, 3.8) is 0 Å². The third-order valence-corrected chi connectivity index (χ3v) is 11.4. The third-order valence-electron chi connectivity index (χ3n) is 11.4. The van der Waals surface area contributed by atoms with Crippen molar-refractivity contribution in [2.45, 2.75) is 71.9 Å². The van der Waals surface area contributed by atoms with Gasteiger partial charge in [-0.3, -0.25) is 39.1 Å². The van der Waals surface area contributed by atoms with E-state index in [-0.39, 0.29) is 52.4 Å². The Kier molecular flexibility index (Phi) is 8.68. The number of hydrogen-bond donors (Lipinski definition) is 2. The maximum Gasteiger partial charge on any atom is 0.262 e. The number of nitrogens with zero attached hydrogens (tertiary/aromatic N) is 5. The van der Waals surface area contributed by atoms with Crippen molar-refractivity contribution < 1.29 is 28.4 Å². The van der Waals surface area contributed by atoms with Crippen LogP contribution in [0.2, 0.25) is 0 Å². The van der Waals surface area contributed by atoms with Gasteiger partial charge in [-0.05, 0) is 66.7 Å². The van der Waals surface area contributed by atoms with E-state index in [1.54, 1.807) is 6.20 Å². The Morgan fingerprint density at radius 3 is 2.16 bits per heavy atom. The van der Waals surface area contributed by atoms with Crippen LogP contribution in [0.3, 0.4) is 0 Å².